The van der Waals surface area contributed by atoms with E-state index < -0.39 is 4.92 Å². The van der Waals surface area contributed by atoms with Gasteiger partial charge in [-0.1, -0.05) is 23.4 Å². The van der Waals surface area contributed by atoms with Gasteiger partial charge in [0.2, 0.25) is 5.91 Å². The first kappa shape index (κ1) is 13.8. The summed E-state index contributed by atoms with van der Waals surface area (Å²) in [5.41, 5.74) is 0.311. The number of benzene rings is 1. The van der Waals surface area contributed by atoms with Crippen molar-refractivity contribution in [2.24, 2.45) is 4.99 Å². The van der Waals surface area contributed by atoms with Crippen LogP contribution >= 0.6 is 23.4 Å². The molecule has 6 nitrogen and oxygen atoms in total. The van der Waals surface area contributed by atoms with E-state index in [0.29, 0.717) is 22.4 Å². The summed E-state index contributed by atoms with van der Waals surface area (Å²) in [4.78, 5) is 27.2. The highest BCUT2D eigenvalue weighted by Gasteiger charge is 2.28. The molecule has 0 radical (unpaired) electrons. The fourth-order valence-corrected chi connectivity index (χ4v) is 2.89. The van der Waals surface area contributed by atoms with Gasteiger partial charge in [0, 0.05) is 30.3 Å². The van der Waals surface area contributed by atoms with Crippen molar-refractivity contribution in [2.75, 3.05) is 17.2 Å². The first-order valence-electron chi connectivity index (χ1n) is 5.42. The van der Waals surface area contributed by atoms with Crippen molar-refractivity contribution in [2.45, 2.75) is 6.92 Å². The van der Waals surface area contributed by atoms with E-state index in [-0.39, 0.29) is 11.6 Å². The number of rotatable bonds is 2. The highest BCUT2D eigenvalue weighted by Crippen LogP contribution is 2.35. The van der Waals surface area contributed by atoms with Gasteiger partial charge in [0.15, 0.2) is 5.17 Å². The third-order valence-corrected chi connectivity index (χ3v) is 3.65. The van der Waals surface area contributed by atoms with Gasteiger partial charge in [0.1, 0.15) is 5.69 Å². The topological polar surface area (TPSA) is 75.8 Å². The lowest BCUT2D eigenvalue weighted by Crippen LogP contribution is -2.25. The van der Waals surface area contributed by atoms with Crippen molar-refractivity contribution in [3.63, 3.8) is 0 Å². The van der Waals surface area contributed by atoms with E-state index in [1.807, 2.05) is 0 Å². The molecule has 0 saturated carbocycles. The van der Waals surface area contributed by atoms with Gasteiger partial charge < -0.3 is 4.90 Å². The molecule has 0 bridgehead atoms. The van der Waals surface area contributed by atoms with Crippen LogP contribution in [-0.2, 0) is 4.79 Å². The van der Waals surface area contributed by atoms with E-state index >= 15 is 0 Å². The SMILES string of the molecule is CC(=O)N=C1SCCN1c1ccc(Cl)cc1[N+](=O)[O-]. The standard InChI is InChI=1S/C11H10ClN3O3S/c1-7(16)13-11-14(4-5-19-11)9-3-2-8(12)6-10(9)15(17)18/h2-3,6H,4-5H2,1H3. The number of nitro benzene ring substituents is 1. The molecule has 1 aromatic rings. The van der Waals surface area contributed by atoms with Crippen LogP contribution in [0.4, 0.5) is 11.4 Å². The summed E-state index contributed by atoms with van der Waals surface area (Å²) in [6, 6.07) is 4.45. The van der Waals surface area contributed by atoms with Crippen LogP contribution in [0.1, 0.15) is 6.92 Å². The Morgan fingerprint density at radius 2 is 2.32 bits per heavy atom. The number of carbonyl (C=O) groups is 1. The second-order valence-electron chi connectivity index (χ2n) is 3.80. The Kier molecular flexibility index (Phi) is 4.06. The predicted molar refractivity (Wildman–Crippen MR) is 76.0 cm³/mol. The summed E-state index contributed by atoms with van der Waals surface area (Å²) in [5.74, 6) is 0.400. The van der Waals surface area contributed by atoms with Crippen molar-refractivity contribution in [1.82, 2.24) is 0 Å². The third kappa shape index (κ3) is 3.05. The number of amidine groups is 1. The van der Waals surface area contributed by atoms with Crippen LogP contribution in [0, 0.1) is 10.1 Å². The second-order valence-corrected chi connectivity index (χ2v) is 5.30. The average molecular weight is 300 g/mol. The van der Waals surface area contributed by atoms with Gasteiger partial charge in [-0.2, -0.15) is 4.99 Å². The van der Waals surface area contributed by atoms with E-state index in [1.54, 1.807) is 17.0 Å². The third-order valence-electron chi connectivity index (χ3n) is 2.46. The molecule has 1 aromatic carbocycles. The Morgan fingerprint density at radius 1 is 1.58 bits per heavy atom. The summed E-state index contributed by atoms with van der Waals surface area (Å²) >= 11 is 7.17. The van der Waals surface area contributed by atoms with Crippen molar-refractivity contribution in [3.8, 4) is 0 Å². The van der Waals surface area contributed by atoms with Crippen LogP contribution in [0.15, 0.2) is 23.2 Å². The second kappa shape index (κ2) is 5.58. The molecule has 0 aliphatic carbocycles. The molecular formula is C11H10ClN3O3S. The molecule has 1 heterocycles. The lowest BCUT2D eigenvalue weighted by Gasteiger charge is -2.17. The van der Waals surface area contributed by atoms with Gasteiger partial charge in [-0.3, -0.25) is 14.9 Å². The van der Waals surface area contributed by atoms with Gasteiger partial charge in [0.05, 0.1) is 4.92 Å². The van der Waals surface area contributed by atoms with Crippen LogP contribution in [0.2, 0.25) is 5.02 Å². The molecule has 8 heteroatoms. The molecule has 2 rings (SSSR count). The average Bonchev–Trinajstić information content (AvgIpc) is 2.76. The number of amides is 1. The Hall–Kier alpha value is -1.60. The Balaban J connectivity index is 2.46. The maximum Gasteiger partial charge on any atom is 0.294 e. The van der Waals surface area contributed by atoms with Gasteiger partial charge in [-0.25, -0.2) is 0 Å². The van der Waals surface area contributed by atoms with Crippen molar-refractivity contribution >= 4 is 45.8 Å². The first-order chi connectivity index (χ1) is 8.99. The van der Waals surface area contributed by atoms with Crippen LogP contribution < -0.4 is 4.90 Å². The minimum atomic E-state index is -0.490. The van der Waals surface area contributed by atoms with E-state index in [4.69, 9.17) is 11.6 Å². The lowest BCUT2D eigenvalue weighted by atomic mass is 10.2. The number of aliphatic imine (C=N–C) groups is 1. The first-order valence-corrected chi connectivity index (χ1v) is 6.79. The zero-order valence-electron chi connectivity index (χ0n) is 10.00. The van der Waals surface area contributed by atoms with Crippen molar-refractivity contribution in [3.05, 3.63) is 33.3 Å². The summed E-state index contributed by atoms with van der Waals surface area (Å²) in [6.07, 6.45) is 0. The maximum atomic E-state index is 11.1. The summed E-state index contributed by atoms with van der Waals surface area (Å²) in [5, 5.41) is 11.8. The number of anilines is 1. The van der Waals surface area contributed by atoms with Gasteiger partial charge in [0.25, 0.3) is 5.69 Å². The summed E-state index contributed by atoms with van der Waals surface area (Å²) in [6.45, 7) is 1.92. The van der Waals surface area contributed by atoms with Gasteiger partial charge in [-0.15, -0.1) is 0 Å². The van der Waals surface area contributed by atoms with E-state index in [0.717, 1.165) is 5.75 Å². The number of thioether (sulfide) groups is 1. The number of hydrogen-bond donors (Lipinski definition) is 0. The maximum absolute atomic E-state index is 11.1. The minimum absolute atomic E-state index is 0.0914. The molecule has 1 saturated heterocycles. The van der Waals surface area contributed by atoms with E-state index in [2.05, 4.69) is 4.99 Å². The molecule has 19 heavy (non-hydrogen) atoms. The molecule has 1 amide bonds. The number of hydrogen-bond acceptors (Lipinski definition) is 4. The molecule has 0 spiro atoms. The Morgan fingerprint density at radius 3 is 2.95 bits per heavy atom. The van der Waals surface area contributed by atoms with Gasteiger partial charge in [-0.05, 0) is 12.1 Å². The predicted octanol–water partition coefficient (Wildman–Crippen LogP) is 2.70. The largest absolute Gasteiger partial charge is 0.314 e. The molecule has 0 aromatic heterocycles. The lowest BCUT2D eigenvalue weighted by molar-refractivity contribution is -0.384. The monoisotopic (exact) mass is 299 g/mol. The minimum Gasteiger partial charge on any atom is -0.314 e. The normalized spacial score (nSPS) is 16.9. The zero-order chi connectivity index (χ0) is 14.0. The number of carbonyl (C=O) groups excluding carboxylic acids is 1. The van der Waals surface area contributed by atoms with Crippen LogP contribution in [-0.4, -0.2) is 28.3 Å². The quantitative estimate of drug-likeness (QED) is 0.620. The number of nitro groups is 1. The van der Waals surface area contributed by atoms with E-state index in [9.17, 15) is 14.9 Å². The molecule has 1 aliphatic heterocycles. The molecule has 1 fully saturated rings. The van der Waals surface area contributed by atoms with Crippen LogP contribution in [0.25, 0.3) is 0 Å². The molecule has 0 unspecified atom stereocenters. The number of halogens is 1. The molecule has 1 aliphatic rings. The Bertz CT molecular complexity index is 576. The van der Waals surface area contributed by atoms with Crippen molar-refractivity contribution < 1.29 is 9.72 Å². The molecule has 0 atom stereocenters. The molecular weight excluding hydrogens is 290 g/mol. The van der Waals surface area contributed by atoms with Crippen LogP contribution in [0.3, 0.4) is 0 Å². The molecule has 0 N–H and O–H groups in total. The van der Waals surface area contributed by atoms with E-state index in [1.165, 1.54) is 24.8 Å². The highest BCUT2D eigenvalue weighted by atomic mass is 35.5. The molecule has 100 valence electrons. The fraction of sp³-hybridized carbons (Fsp3) is 0.273. The highest BCUT2D eigenvalue weighted by molar-refractivity contribution is 8.14. The zero-order valence-corrected chi connectivity index (χ0v) is 11.6. The summed E-state index contributed by atoms with van der Waals surface area (Å²) < 4.78 is 0. The van der Waals surface area contributed by atoms with Crippen molar-refractivity contribution in [1.29, 1.82) is 0 Å². The van der Waals surface area contributed by atoms with Gasteiger partial charge >= 0.3 is 0 Å². The fourth-order valence-electron chi connectivity index (χ4n) is 1.72. The Labute approximate surface area is 118 Å². The number of nitrogens with zero attached hydrogens (tertiary/aromatic N) is 3. The summed E-state index contributed by atoms with van der Waals surface area (Å²) in [7, 11) is 0. The van der Waals surface area contributed by atoms with Crippen LogP contribution in [0.5, 0.6) is 0 Å². The smallest absolute Gasteiger partial charge is 0.294 e.